The summed E-state index contributed by atoms with van der Waals surface area (Å²) in [6, 6.07) is 14.8. The number of aromatic nitrogens is 1. The topological polar surface area (TPSA) is 76.4 Å². The second-order valence-electron chi connectivity index (χ2n) is 5.40. The molecule has 2 aromatic heterocycles. The highest BCUT2D eigenvalue weighted by atomic mass is 16.5. The minimum absolute atomic E-state index is 0.214. The molecule has 0 fully saturated rings. The molecule has 128 valence electrons. The molecule has 0 aliphatic heterocycles. The molecular weight excluding hydrogens is 318 g/mol. The Balaban J connectivity index is 1.51. The van der Waals surface area contributed by atoms with Crippen LogP contribution in [0.5, 0.6) is 5.75 Å². The number of anilines is 1. The van der Waals surface area contributed by atoms with Crippen LogP contribution in [0.4, 0.5) is 5.69 Å². The molecule has 3 rings (SSSR count). The van der Waals surface area contributed by atoms with Crippen LogP contribution in [0.1, 0.15) is 21.8 Å². The predicted octanol–water partition coefficient (Wildman–Crippen LogP) is 3.23. The Hall–Kier alpha value is -3.28. The van der Waals surface area contributed by atoms with Crippen molar-refractivity contribution in [1.29, 1.82) is 0 Å². The number of ether oxygens (including phenoxy) is 1. The van der Waals surface area contributed by atoms with Crippen molar-refractivity contribution in [3.8, 4) is 5.75 Å². The van der Waals surface area contributed by atoms with Crippen molar-refractivity contribution in [3.05, 3.63) is 78.0 Å². The van der Waals surface area contributed by atoms with Gasteiger partial charge >= 0.3 is 0 Å². The maximum absolute atomic E-state index is 12.2. The summed E-state index contributed by atoms with van der Waals surface area (Å²) in [5.41, 5.74) is 2.19. The summed E-state index contributed by atoms with van der Waals surface area (Å²) in [4.78, 5) is 16.4. The van der Waals surface area contributed by atoms with Crippen LogP contribution in [0.25, 0.3) is 0 Å². The van der Waals surface area contributed by atoms with Gasteiger partial charge in [0.2, 0.25) is 0 Å². The van der Waals surface area contributed by atoms with Gasteiger partial charge < -0.3 is 19.8 Å². The second kappa shape index (κ2) is 8.01. The fourth-order valence-electron chi connectivity index (χ4n) is 2.25. The Labute approximate surface area is 145 Å². The third-order valence-electron chi connectivity index (χ3n) is 3.66. The van der Waals surface area contributed by atoms with E-state index in [1.165, 1.54) is 0 Å². The molecule has 0 radical (unpaired) electrons. The van der Waals surface area contributed by atoms with Crippen LogP contribution >= 0.6 is 0 Å². The number of pyridine rings is 1. The minimum atomic E-state index is -0.214. The lowest BCUT2D eigenvalue weighted by molar-refractivity contribution is 0.0946. The van der Waals surface area contributed by atoms with E-state index in [2.05, 4.69) is 15.6 Å². The number of nitrogens with zero attached hydrogens (tertiary/aromatic N) is 1. The molecule has 3 aromatic rings. The van der Waals surface area contributed by atoms with Gasteiger partial charge in [0.1, 0.15) is 17.2 Å². The lowest BCUT2D eigenvalue weighted by Crippen LogP contribution is -2.23. The lowest BCUT2D eigenvalue weighted by atomic mass is 10.2. The van der Waals surface area contributed by atoms with Gasteiger partial charge in [0.05, 0.1) is 31.8 Å². The van der Waals surface area contributed by atoms with Crippen LogP contribution in [0.3, 0.4) is 0 Å². The van der Waals surface area contributed by atoms with E-state index < -0.39 is 0 Å². The van der Waals surface area contributed by atoms with Crippen LogP contribution in [0, 0.1) is 0 Å². The van der Waals surface area contributed by atoms with Crippen molar-refractivity contribution in [2.75, 3.05) is 12.4 Å². The number of carbonyl (C=O) groups is 1. The van der Waals surface area contributed by atoms with Crippen molar-refractivity contribution >= 4 is 11.6 Å². The van der Waals surface area contributed by atoms with E-state index in [-0.39, 0.29) is 5.91 Å². The quantitative estimate of drug-likeness (QED) is 0.692. The van der Waals surface area contributed by atoms with Crippen LogP contribution in [0.15, 0.2) is 65.4 Å². The van der Waals surface area contributed by atoms with E-state index in [9.17, 15) is 4.79 Å². The molecule has 0 atom stereocenters. The third-order valence-corrected chi connectivity index (χ3v) is 3.66. The first-order valence-corrected chi connectivity index (χ1v) is 7.88. The zero-order valence-electron chi connectivity index (χ0n) is 13.9. The van der Waals surface area contributed by atoms with Crippen molar-refractivity contribution in [2.24, 2.45) is 0 Å². The largest absolute Gasteiger partial charge is 0.497 e. The highest BCUT2D eigenvalue weighted by Gasteiger charge is 2.07. The number of furan rings is 1. The SMILES string of the molecule is COc1ccc(CNC(=O)c2ccc(NCc3ccco3)cn2)cc1. The fraction of sp³-hybridized carbons (Fsp3) is 0.158. The zero-order valence-corrected chi connectivity index (χ0v) is 13.9. The molecule has 6 heteroatoms. The molecule has 0 saturated heterocycles. The first kappa shape index (κ1) is 16.6. The van der Waals surface area contributed by atoms with Gasteiger partial charge in [-0.2, -0.15) is 0 Å². The number of benzene rings is 1. The van der Waals surface area contributed by atoms with Gasteiger partial charge in [0, 0.05) is 6.54 Å². The maximum atomic E-state index is 12.2. The van der Waals surface area contributed by atoms with E-state index in [0.717, 1.165) is 22.8 Å². The molecule has 1 aromatic carbocycles. The molecule has 0 aliphatic carbocycles. The normalized spacial score (nSPS) is 10.3. The average molecular weight is 337 g/mol. The lowest BCUT2D eigenvalue weighted by Gasteiger charge is -2.07. The molecule has 0 unspecified atom stereocenters. The second-order valence-corrected chi connectivity index (χ2v) is 5.40. The van der Waals surface area contributed by atoms with Crippen molar-refractivity contribution in [3.63, 3.8) is 0 Å². The van der Waals surface area contributed by atoms with Gasteiger partial charge in [-0.3, -0.25) is 4.79 Å². The maximum Gasteiger partial charge on any atom is 0.270 e. The van der Waals surface area contributed by atoms with Gasteiger partial charge in [-0.1, -0.05) is 12.1 Å². The minimum Gasteiger partial charge on any atom is -0.497 e. The zero-order chi connectivity index (χ0) is 17.5. The number of carbonyl (C=O) groups excluding carboxylic acids is 1. The van der Waals surface area contributed by atoms with Crippen molar-refractivity contribution in [1.82, 2.24) is 10.3 Å². The third kappa shape index (κ3) is 4.60. The van der Waals surface area contributed by atoms with E-state index in [1.807, 2.05) is 42.5 Å². The first-order valence-electron chi connectivity index (χ1n) is 7.88. The fourth-order valence-corrected chi connectivity index (χ4v) is 2.25. The summed E-state index contributed by atoms with van der Waals surface area (Å²) in [5, 5.41) is 6.03. The van der Waals surface area contributed by atoms with Gasteiger partial charge in [-0.05, 0) is 42.0 Å². The monoisotopic (exact) mass is 337 g/mol. The van der Waals surface area contributed by atoms with Crippen LogP contribution < -0.4 is 15.4 Å². The Bertz CT molecular complexity index is 797. The standard InChI is InChI=1S/C19H19N3O3/c1-24-16-7-4-14(5-8-16)11-22-19(23)18-9-6-15(12-21-18)20-13-17-3-2-10-25-17/h2-10,12,20H,11,13H2,1H3,(H,22,23). The number of methoxy groups -OCH3 is 1. The summed E-state index contributed by atoms with van der Waals surface area (Å²) < 4.78 is 10.4. The highest BCUT2D eigenvalue weighted by Crippen LogP contribution is 2.12. The molecule has 25 heavy (non-hydrogen) atoms. The molecular formula is C19H19N3O3. The summed E-state index contributed by atoms with van der Waals surface area (Å²) in [6.07, 6.45) is 3.26. The summed E-state index contributed by atoms with van der Waals surface area (Å²) in [5.74, 6) is 1.41. The molecule has 2 heterocycles. The van der Waals surface area contributed by atoms with E-state index in [1.54, 1.807) is 25.6 Å². The number of hydrogen-bond acceptors (Lipinski definition) is 5. The number of amides is 1. The molecule has 0 spiro atoms. The van der Waals surface area contributed by atoms with Crippen molar-refractivity contribution < 1.29 is 13.9 Å². The van der Waals surface area contributed by atoms with Crippen LogP contribution in [-0.2, 0) is 13.1 Å². The van der Waals surface area contributed by atoms with E-state index >= 15 is 0 Å². The average Bonchev–Trinajstić information content (AvgIpc) is 3.19. The Kier molecular flexibility index (Phi) is 5.31. The molecule has 2 N–H and O–H groups in total. The van der Waals surface area contributed by atoms with E-state index in [0.29, 0.717) is 18.8 Å². The molecule has 0 bridgehead atoms. The molecule has 1 amide bonds. The van der Waals surface area contributed by atoms with Gasteiger partial charge in [0.15, 0.2) is 0 Å². The smallest absolute Gasteiger partial charge is 0.270 e. The number of hydrogen-bond donors (Lipinski definition) is 2. The van der Waals surface area contributed by atoms with Gasteiger partial charge in [0.25, 0.3) is 5.91 Å². The van der Waals surface area contributed by atoms with E-state index in [4.69, 9.17) is 9.15 Å². The van der Waals surface area contributed by atoms with Gasteiger partial charge in [-0.15, -0.1) is 0 Å². The first-order chi connectivity index (χ1) is 12.2. The summed E-state index contributed by atoms with van der Waals surface area (Å²) >= 11 is 0. The number of nitrogens with one attached hydrogen (secondary N) is 2. The van der Waals surface area contributed by atoms with Crippen LogP contribution in [-0.4, -0.2) is 18.0 Å². The summed E-state index contributed by atoms with van der Waals surface area (Å²) in [7, 11) is 1.62. The van der Waals surface area contributed by atoms with Gasteiger partial charge in [-0.25, -0.2) is 4.98 Å². The molecule has 6 nitrogen and oxygen atoms in total. The molecule has 0 saturated carbocycles. The van der Waals surface area contributed by atoms with Crippen molar-refractivity contribution in [2.45, 2.75) is 13.1 Å². The Morgan fingerprint density at radius 2 is 1.96 bits per heavy atom. The van der Waals surface area contributed by atoms with Crippen LogP contribution in [0.2, 0.25) is 0 Å². The Morgan fingerprint density at radius 1 is 1.12 bits per heavy atom. The Morgan fingerprint density at radius 3 is 2.60 bits per heavy atom. The highest BCUT2D eigenvalue weighted by molar-refractivity contribution is 5.92. The predicted molar refractivity (Wildman–Crippen MR) is 94.4 cm³/mol. The molecule has 0 aliphatic rings. The number of rotatable bonds is 7. The summed E-state index contributed by atoms with van der Waals surface area (Å²) in [6.45, 7) is 1.00.